The zero-order valence-corrected chi connectivity index (χ0v) is 13.6. The lowest BCUT2D eigenvalue weighted by molar-refractivity contribution is -0.116. The van der Waals surface area contributed by atoms with Crippen molar-refractivity contribution in [2.24, 2.45) is 0 Å². The van der Waals surface area contributed by atoms with Crippen LogP contribution in [0.5, 0.6) is 5.75 Å². The number of fused-ring (bicyclic) bond motifs is 1. The number of halogens is 1. The van der Waals surface area contributed by atoms with Gasteiger partial charge in [0.2, 0.25) is 5.91 Å². The number of hydrogen-bond donors (Lipinski definition) is 1. The van der Waals surface area contributed by atoms with Gasteiger partial charge in [-0.1, -0.05) is 11.6 Å². The summed E-state index contributed by atoms with van der Waals surface area (Å²) in [5, 5.41) is 3.54. The van der Waals surface area contributed by atoms with Gasteiger partial charge in [0.1, 0.15) is 12.3 Å². The van der Waals surface area contributed by atoms with E-state index in [-0.39, 0.29) is 18.0 Å². The van der Waals surface area contributed by atoms with E-state index in [9.17, 15) is 9.59 Å². The van der Waals surface area contributed by atoms with Crippen LogP contribution in [0.25, 0.3) is 10.9 Å². The predicted molar refractivity (Wildman–Crippen MR) is 92.6 cm³/mol. The van der Waals surface area contributed by atoms with Crippen LogP contribution in [0.15, 0.2) is 53.6 Å². The maximum absolute atomic E-state index is 12.4. The molecule has 24 heavy (non-hydrogen) atoms. The van der Waals surface area contributed by atoms with Crippen molar-refractivity contribution in [2.45, 2.75) is 6.54 Å². The highest BCUT2D eigenvalue weighted by Gasteiger charge is 2.09. The largest absolute Gasteiger partial charge is 0.497 e. The average molecular weight is 344 g/mol. The van der Waals surface area contributed by atoms with Crippen LogP contribution in [-0.4, -0.2) is 22.6 Å². The molecule has 0 saturated carbocycles. The van der Waals surface area contributed by atoms with Crippen LogP contribution >= 0.6 is 11.6 Å². The summed E-state index contributed by atoms with van der Waals surface area (Å²) in [5.41, 5.74) is 0.842. The molecule has 0 radical (unpaired) electrons. The maximum atomic E-state index is 12.4. The van der Waals surface area contributed by atoms with E-state index < -0.39 is 0 Å². The molecule has 1 amide bonds. The topological polar surface area (TPSA) is 73.2 Å². The zero-order chi connectivity index (χ0) is 17.1. The van der Waals surface area contributed by atoms with Crippen molar-refractivity contribution in [3.05, 3.63) is 64.2 Å². The lowest BCUT2D eigenvalue weighted by atomic mass is 10.2. The van der Waals surface area contributed by atoms with Crippen LogP contribution in [0.1, 0.15) is 0 Å². The molecule has 7 heteroatoms. The van der Waals surface area contributed by atoms with Crippen molar-refractivity contribution in [3.63, 3.8) is 0 Å². The lowest BCUT2D eigenvalue weighted by Gasteiger charge is -2.08. The lowest BCUT2D eigenvalue weighted by Crippen LogP contribution is -2.27. The molecule has 0 saturated heterocycles. The second-order valence-electron chi connectivity index (χ2n) is 5.12. The van der Waals surface area contributed by atoms with Crippen LogP contribution < -0.4 is 15.6 Å². The smallest absolute Gasteiger partial charge is 0.261 e. The predicted octanol–water partition coefficient (Wildman–Crippen LogP) is 2.70. The Morgan fingerprint density at radius 3 is 2.71 bits per heavy atom. The summed E-state index contributed by atoms with van der Waals surface area (Å²) in [5.74, 6) is 0.366. The number of nitrogens with one attached hydrogen (secondary N) is 1. The molecule has 3 aromatic rings. The molecule has 0 atom stereocenters. The van der Waals surface area contributed by atoms with E-state index in [1.165, 1.54) is 10.9 Å². The van der Waals surface area contributed by atoms with Crippen LogP contribution in [0.2, 0.25) is 5.02 Å². The molecular weight excluding hydrogens is 330 g/mol. The fourth-order valence-corrected chi connectivity index (χ4v) is 2.45. The second-order valence-corrected chi connectivity index (χ2v) is 5.55. The van der Waals surface area contributed by atoms with E-state index in [2.05, 4.69) is 10.3 Å². The maximum Gasteiger partial charge on any atom is 0.261 e. The average Bonchev–Trinajstić information content (AvgIpc) is 2.58. The molecule has 0 aliphatic rings. The molecule has 1 N–H and O–H groups in total. The number of ether oxygens (including phenoxy) is 1. The summed E-state index contributed by atoms with van der Waals surface area (Å²) < 4.78 is 6.31. The third-order valence-electron chi connectivity index (χ3n) is 3.47. The molecule has 3 rings (SSSR count). The molecule has 2 aromatic carbocycles. The molecule has 0 aliphatic carbocycles. The quantitative estimate of drug-likeness (QED) is 0.790. The molecular formula is C17H14ClN3O3. The summed E-state index contributed by atoms with van der Waals surface area (Å²) in [4.78, 5) is 28.7. The number of rotatable bonds is 4. The van der Waals surface area contributed by atoms with E-state index >= 15 is 0 Å². The number of benzene rings is 2. The molecule has 1 heterocycles. The van der Waals surface area contributed by atoms with E-state index in [4.69, 9.17) is 16.3 Å². The summed E-state index contributed by atoms with van der Waals surface area (Å²) in [6.45, 7) is -0.139. The molecule has 0 fully saturated rings. The third kappa shape index (κ3) is 3.38. The van der Waals surface area contributed by atoms with Gasteiger partial charge < -0.3 is 10.1 Å². The van der Waals surface area contributed by atoms with Crippen molar-refractivity contribution in [2.75, 3.05) is 12.4 Å². The van der Waals surface area contributed by atoms with Crippen LogP contribution in [-0.2, 0) is 11.3 Å². The first-order chi connectivity index (χ1) is 11.6. The van der Waals surface area contributed by atoms with Gasteiger partial charge in [0.25, 0.3) is 5.56 Å². The number of carbonyl (C=O) groups excluding carboxylic acids is 1. The van der Waals surface area contributed by atoms with Gasteiger partial charge in [-0.05, 0) is 42.5 Å². The first kappa shape index (κ1) is 16.0. The monoisotopic (exact) mass is 343 g/mol. The van der Waals surface area contributed by atoms with E-state index in [1.807, 2.05) is 0 Å². The Morgan fingerprint density at radius 2 is 2.00 bits per heavy atom. The van der Waals surface area contributed by atoms with Gasteiger partial charge >= 0.3 is 0 Å². The Balaban J connectivity index is 1.79. The number of anilines is 1. The number of aromatic nitrogens is 2. The summed E-state index contributed by atoms with van der Waals surface area (Å²) in [7, 11) is 1.57. The molecule has 0 aliphatic heterocycles. The van der Waals surface area contributed by atoms with Gasteiger partial charge in [-0.3, -0.25) is 14.2 Å². The van der Waals surface area contributed by atoms with Crippen LogP contribution in [0, 0.1) is 0 Å². The first-order valence-corrected chi connectivity index (χ1v) is 7.53. The molecule has 6 nitrogen and oxygen atoms in total. The third-order valence-corrected chi connectivity index (χ3v) is 3.71. The van der Waals surface area contributed by atoms with E-state index in [1.54, 1.807) is 49.6 Å². The number of hydrogen-bond acceptors (Lipinski definition) is 4. The molecule has 0 spiro atoms. The molecule has 0 unspecified atom stereocenters. The number of nitrogens with zero attached hydrogens (tertiary/aromatic N) is 2. The highest BCUT2D eigenvalue weighted by Crippen LogP contribution is 2.15. The van der Waals surface area contributed by atoms with Gasteiger partial charge in [0, 0.05) is 10.7 Å². The first-order valence-electron chi connectivity index (χ1n) is 7.15. The summed E-state index contributed by atoms with van der Waals surface area (Å²) in [6, 6.07) is 11.8. The second kappa shape index (κ2) is 6.72. The van der Waals surface area contributed by atoms with Gasteiger partial charge in [-0.25, -0.2) is 4.98 Å². The summed E-state index contributed by atoms with van der Waals surface area (Å²) in [6.07, 6.45) is 1.35. The highest BCUT2D eigenvalue weighted by atomic mass is 35.5. The highest BCUT2D eigenvalue weighted by molar-refractivity contribution is 6.31. The Kier molecular flexibility index (Phi) is 4.48. The van der Waals surface area contributed by atoms with Gasteiger partial charge in [0.05, 0.1) is 24.3 Å². The summed E-state index contributed by atoms with van der Waals surface area (Å²) >= 11 is 5.92. The number of methoxy groups -OCH3 is 1. The Bertz CT molecular complexity index is 951. The minimum atomic E-state index is -0.328. The van der Waals surface area contributed by atoms with Gasteiger partial charge in [-0.15, -0.1) is 0 Å². The molecule has 1 aromatic heterocycles. The minimum Gasteiger partial charge on any atom is -0.497 e. The molecule has 0 bridgehead atoms. The normalized spacial score (nSPS) is 10.6. The van der Waals surface area contributed by atoms with E-state index in [0.29, 0.717) is 27.4 Å². The Labute approximate surface area is 142 Å². The van der Waals surface area contributed by atoms with Gasteiger partial charge in [-0.2, -0.15) is 0 Å². The minimum absolute atomic E-state index is 0.139. The van der Waals surface area contributed by atoms with Crippen molar-refractivity contribution < 1.29 is 9.53 Å². The SMILES string of the molecule is COc1ccc(NC(=O)Cn2cnc3ccc(Cl)cc3c2=O)cc1. The van der Waals surface area contributed by atoms with Crippen molar-refractivity contribution >= 4 is 34.1 Å². The van der Waals surface area contributed by atoms with Crippen LogP contribution in [0.3, 0.4) is 0 Å². The van der Waals surface area contributed by atoms with Crippen molar-refractivity contribution in [1.29, 1.82) is 0 Å². The van der Waals surface area contributed by atoms with Crippen LogP contribution in [0.4, 0.5) is 5.69 Å². The van der Waals surface area contributed by atoms with Crippen molar-refractivity contribution in [1.82, 2.24) is 9.55 Å². The number of carbonyl (C=O) groups is 1. The molecule has 122 valence electrons. The Morgan fingerprint density at radius 1 is 1.25 bits per heavy atom. The fraction of sp³-hybridized carbons (Fsp3) is 0.118. The van der Waals surface area contributed by atoms with Gasteiger partial charge in [0.15, 0.2) is 0 Å². The van der Waals surface area contributed by atoms with Crippen molar-refractivity contribution in [3.8, 4) is 5.75 Å². The zero-order valence-electron chi connectivity index (χ0n) is 12.8. The Hall–Kier alpha value is -2.86. The van der Waals surface area contributed by atoms with E-state index in [0.717, 1.165) is 0 Å². The standard InChI is InChI=1S/C17H14ClN3O3/c1-24-13-5-3-12(4-6-13)20-16(22)9-21-10-19-15-7-2-11(18)8-14(15)17(21)23/h2-8,10H,9H2,1H3,(H,20,22). The fourth-order valence-electron chi connectivity index (χ4n) is 2.27. The number of amides is 1.